The van der Waals surface area contributed by atoms with Crippen LogP contribution in [0.3, 0.4) is 0 Å². The van der Waals surface area contributed by atoms with Gasteiger partial charge in [0.1, 0.15) is 18.2 Å². The fraction of sp³-hybridized carbons (Fsp3) is 0.125. The predicted octanol–water partition coefficient (Wildman–Crippen LogP) is 6.73. The topological polar surface area (TPSA) is 50.4 Å². The molecule has 1 unspecified atom stereocenters. The van der Waals surface area contributed by atoms with Gasteiger partial charge in [-0.25, -0.2) is 4.39 Å². The fourth-order valence-corrected chi connectivity index (χ4v) is 4.73. The van der Waals surface area contributed by atoms with E-state index in [1.165, 1.54) is 23.9 Å². The minimum absolute atomic E-state index is 0.139. The Kier molecular flexibility index (Phi) is 7.08. The van der Waals surface area contributed by atoms with E-state index in [4.69, 9.17) is 16.3 Å². The standard InChI is InChI=1S/C24H19BrClFN2O2S/c1-14-2-6-17(26)12-20(14)28-24-29-23(30)22(32-24)11-16-5-9-21(19(25)10-16)31-13-15-3-7-18(27)8-4-15/h2-12,24,28H,13H2,1H3,(H,29,30)/b22-11-. The number of hydrogen-bond donors (Lipinski definition) is 2. The van der Waals surface area contributed by atoms with Gasteiger partial charge in [-0.15, -0.1) is 0 Å². The van der Waals surface area contributed by atoms with E-state index in [2.05, 4.69) is 26.6 Å². The summed E-state index contributed by atoms with van der Waals surface area (Å²) in [5.41, 5.74) is 3.37. The molecule has 3 aromatic rings. The summed E-state index contributed by atoms with van der Waals surface area (Å²) in [4.78, 5) is 13.0. The van der Waals surface area contributed by atoms with Gasteiger partial charge in [-0.2, -0.15) is 0 Å². The summed E-state index contributed by atoms with van der Waals surface area (Å²) < 4.78 is 19.6. The molecule has 0 aliphatic carbocycles. The lowest BCUT2D eigenvalue weighted by Gasteiger charge is -2.15. The number of halogens is 3. The van der Waals surface area contributed by atoms with Gasteiger partial charge in [-0.05, 0) is 82.0 Å². The zero-order chi connectivity index (χ0) is 22.7. The van der Waals surface area contributed by atoms with Crippen LogP contribution < -0.4 is 15.4 Å². The molecule has 1 aliphatic rings. The first-order valence-corrected chi connectivity index (χ1v) is 11.8. The predicted molar refractivity (Wildman–Crippen MR) is 132 cm³/mol. The van der Waals surface area contributed by atoms with Crippen LogP contribution >= 0.6 is 39.3 Å². The molecule has 0 saturated carbocycles. The maximum absolute atomic E-state index is 13.0. The molecule has 1 heterocycles. The van der Waals surface area contributed by atoms with Crippen molar-refractivity contribution in [2.45, 2.75) is 19.0 Å². The molecule has 2 N–H and O–H groups in total. The van der Waals surface area contributed by atoms with Crippen LogP contribution in [0.15, 0.2) is 70.0 Å². The highest BCUT2D eigenvalue weighted by atomic mass is 79.9. The molecule has 1 aliphatic heterocycles. The molecule has 4 rings (SSSR count). The summed E-state index contributed by atoms with van der Waals surface area (Å²) in [6.45, 7) is 2.31. The van der Waals surface area contributed by atoms with Crippen LogP contribution in [0.1, 0.15) is 16.7 Å². The first-order chi connectivity index (χ1) is 15.4. The van der Waals surface area contributed by atoms with Gasteiger partial charge in [-0.3, -0.25) is 4.79 Å². The maximum atomic E-state index is 13.0. The van der Waals surface area contributed by atoms with Gasteiger partial charge >= 0.3 is 0 Å². The molecule has 3 aromatic carbocycles. The maximum Gasteiger partial charge on any atom is 0.260 e. The van der Waals surface area contributed by atoms with Crippen LogP contribution in [-0.2, 0) is 11.4 Å². The third-order valence-electron chi connectivity index (χ3n) is 4.78. The second-order valence-electron chi connectivity index (χ2n) is 7.19. The van der Waals surface area contributed by atoms with E-state index >= 15 is 0 Å². The zero-order valence-corrected chi connectivity index (χ0v) is 20.2. The molecule has 0 bridgehead atoms. The summed E-state index contributed by atoms with van der Waals surface area (Å²) in [5.74, 6) is 0.247. The molecule has 1 fully saturated rings. The van der Waals surface area contributed by atoms with Crippen molar-refractivity contribution in [2.75, 3.05) is 5.32 Å². The van der Waals surface area contributed by atoms with Crippen molar-refractivity contribution in [1.29, 1.82) is 0 Å². The number of nitrogens with one attached hydrogen (secondary N) is 2. The average molecular weight is 534 g/mol. The number of aryl methyl sites for hydroxylation is 1. The third-order valence-corrected chi connectivity index (χ3v) is 6.66. The van der Waals surface area contributed by atoms with Crippen molar-refractivity contribution in [2.24, 2.45) is 0 Å². The summed E-state index contributed by atoms with van der Waals surface area (Å²) >= 11 is 11.0. The van der Waals surface area contributed by atoms with E-state index in [-0.39, 0.29) is 17.2 Å². The second kappa shape index (κ2) is 9.98. The minimum Gasteiger partial charge on any atom is -0.488 e. The monoisotopic (exact) mass is 532 g/mol. The van der Waals surface area contributed by atoms with Gasteiger partial charge in [0.2, 0.25) is 0 Å². The number of benzene rings is 3. The largest absolute Gasteiger partial charge is 0.488 e. The Balaban J connectivity index is 1.41. The van der Waals surface area contributed by atoms with Crippen LogP contribution in [0.25, 0.3) is 6.08 Å². The van der Waals surface area contributed by atoms with Gasteiger partial charge in [0, 0.05) is 10.7 Å². The fourth-order valence-electron chi connectivity index (χ4n) is 3.07. The first kappa shape index (κ1) is 22.7. The van der Waals surface area contributed by atoms with Crippen LogP contribution in [0.4, 0.5) is 10.1 Å². The average Bonchev–Trinajstić information content (AvgIpc) is 3.10. The SMILES string of the molecule is Cc1ccc(Cl)cc1NC1NC(=O)/C(=C/c2ccc(OCc3ccc(F)cc3)c(Br)c2)S1. The number of ether oxygens (including phenoxy) is 1. The Morgan fingerprint density at radius 2 is 1.97 bits per heavy atom. The lowest BCUT2D eigenvalue weighted by Crippen LogP contribution is -2.31. The van der Waals surface area contributed by atoms with Crippen LogP contribution in [0.5, 0.6) is 5.75 Å². The van der Waals surface area contributed by atoms with Crippen molar-refractivity contribution < 1.29 is 13.9 Å². The number of carbonyl (C=O) groups excluding carboxylic acids is 1. The van der Waals surface area contributed by atoms with Crippen molar-refractivity contribution >= 4 is 57.0 Å². The highest BCUT2D eigenvalue weighted by Crippen LogP contribution is 2.33. The first-order valence-electron chi connectivity index (χ1n) is 9.76. The highest BCUT2D eigenvalue weighted by molar-refractivity contribution is 9.10. The van der Waals surface area contributed by atoms with Gasteiger partial charge in [0.15, 0.2) is 5.50 Å². The van der Waals surface area contributed by atoms with E-state index in [0.29, 0.717) is 22.3 Å². The molecule has 4 nitrogen and oxygen atoms in total. The molecular formula is C24H19BrClFN2O2S. The quantitative estimate of drug-likeness (QED) is 0.345. The van der Waals surface area contributed by atoms with E-state index < -0.39 is 0 Å². The summed E-state index contributed by atoms with van der Waals surface area (Å²) in [6.07, 6.45) is 1.83. The third kappa shape index (κ3) is 5.65. The van der Waals surface area contributed by atoms with Gasteiger partial charge in [0.25, 0.3) is 5.91 Å². The van der Waals surface area contributed by atoms with E-state index in [9.17, 15) is 9.18 Å². The molecule has 164 valence electrons. The molecular weight excluding hydrogens is 515 g/mol. The normalized spacial score (nSPS) is 16.8. The number of amides is 1. The molecule has 32 heavy (non-hydrogen) atoms. The number of thioether (sulfide) groups is 1. The molecule has 1 saturated heterocycles. The van der Waals surface area contributed by atoms with Crippen molar-refractivity contribution in [1.82, 2.24) is 5.32 Å². The number of carbonyl (C=O) groups is 1. The van der Waals surface area contributed by atoms with Crippen LogP contribution in [0, 0.1) is 12.7 Å². The number of rotatable bonds is 6. The number of hydrogen-bond acceptors (Lipinski definition) is 4. The van der Waals surface area contributed by atoms with E-state index in [0.717, 1.165) is 26.9 Å². The molecule has 0 radical (unpaired) electrons. The molecule has 0 aromatic heterocycles. The van der Waals surface area contributed by atoms with Gasteiger partial charge < -0.3 is 15.4 Å². The zero-order valence-electron chi connectivity index (χ0n) is 17.0. The molecule has 8 heteroatoms. The molecule has 0 spiro atoms. The summed E-state index contributed by atoms with van der Waals surface area (Å²) in [7, 11) is 0. The number of anilines is 1. The van der Waals surface area contributed by atoms with E-state index in [1.807, 2.05) is 49.4 Å². The minimum atomic E-state index is -0.285. The molecule has 1 amide bonds. The highest BCUT2D eigenvalue weighted by Gasteiger charge is 2.27. The summed E-state index contributed by atoms with van der Waals surface area (Å²) in [5, 5.41) is 6.87. The summed E-state index contributed by atoms with van der Waals surface area (Å²) in [6, 6.07) is 17.4. The Hall–Kier alpha value is -2.48. The Morgan fingerprint density at radius 1 is 1.19 bits per heavy atom. The van der Waals surface area contributed by atoms with Crippen molar-refractivity contribution in [3.8, 4) is 5.75 Å². The van der Waals surface area contributed by atoms with Crippen LogP contribution in [-0.4, -0.2) is 11.4 Å². The second-order valence-corrected chi connectivity index (χ2v) is 9.63. The van der Waals surface area contributed by atoms with Crippen LogP contribution in [0.2, 0.25) is 5.02 Å². The Bertz CT molecular complexity index is 1190. The van der Waals surface area contributed by atoms with Gasteiger partial charge in [0.05, 0.1) is 9.38 Å². The van der Waals surface area contributed by atoms with Gasteiger partial charge in [-0.1, -0.05) is 47.6 Å². The molecule has 1 atom stereocenters. The lowest BCUT2D eigenvalue weighted by molar-refractivity contribution is -0.116. The van der Waals surface area contributed by atoms with Crippen molar-refractivity contribution in [3.63, 3.8) is 0 Å². The Labute approximate surface area is 203 Å². The van der Waals surface area contributed by atoms with Crippen molar-refractivity contribution in [3.05, 3.63) is 97.6 Å². The lowest BCUT2D eigenvalue weighted by atomic mass is 10.2. The smallest absolute Gasteiger partial charge is 0.260 e. The van der Waals surface area contributed by atoms with E-state index in [1.54, 1.807) is 12.1 Å². The Morgan fingerprint density at radius 3 is 2.72 bits per heavy atom.